The van der Waals surface area contributed by atoms with Crippen LogP contribution >= 0.6 is 11.3 Å². The quantitative estimate of drug-likeness (QED) is 0.499. The largest absolute Gasteiger partial charge is 0.497 e. The van der Waals surface area contributed by atoms with E-state index >= 15 is 0 Å². The fourth-order valence-electron chi connectivity index (χ4n) is 3.35. The molecule has 0 radical (unpaired) electrons. The number of ether oxygens (including phenoxy) is 1. The molecule has 32 heavy (non-hydrogen) atoms. The third-order valence-electron chi connectivity index (χ3n) is 5.17. The molecule has 0 aliphatic rings. The SMILES string of the molecule is CCC(C(=O)NC(C(=O)Nc1nnc(-c2ccc(OC)cc2)s1)C(C)C)c1ccccc1. The summed E-state index contributed by atoms with van der Waals surface area (Å²) >= 11 is 1.28. The van der Waals surface area contributed by atoms with Gasteiger partial charge in [-0.05, 0) is 42.2 Å². The number of nitrogens with zero attached hydrogens (tertiary/aromatic N) is 2. The van der Waals surface area contributed by atoms with Gasteiger partial charge in [-0.15, -0.1) is 10.2 Å². The zero-order valence-electron chi connectivity index (χ0n) is 18.7. The number of aromatic nitrogens is 2. The minimum atomic E-state index is -0.686. The second-order valence-electron chi connectivity index (χ2n) is 7.73. The molecule has 0 saturated carbocycles. The van der Waals surface area contributed by atoms with Gasteiger partial charge in [0.05, 0.1) is 13.0 Å². The van der Waals surface area contributed by atoms with Crippen LogP contribution in [0.5, 0.6) is 5.75 Å². The number of amides is 2. The van der Waals surface area contributed by atoms with Crippen LogP contribution in [-0.2, 0) is 9.59 Å². The standard InChI is InChI=1S/C24H28N4O3S/c1-5-19(16-9-7-6-8-10-16)21(29)25-20(15(2)3)22(30)26-24-28-27-23(32-24)17-11-13-18(31-4)14-12-17/h6-15,19-20H,5H2,1-4H3,(H,25,29)(H,26,28,30). The zero-order valence-corrected chi connectivity index (χ0v) is 19.5. The Kier molecular flexibility index (Phi) is 7.94. The third kappa shape index (κ3) is 5.70. The normalized spacial score (nSPS) is 12.8. The molecule has 2 aromatic carbocycles. The first-order chi connectivity index (χ1) is 15.4. The Labute approximate surface area is 192 Å². The number of hydrogen-bond acceptors (Lipinski definition) is 6. The highest BCUT2D eigenvalue weighted by atomic mass is 32.1. The average molecular weight is 453 g/mol. The van der Waals surface area contributed by atoms with Crippen molar-refractivity contribution >= 4 is 28.3 Å². The first kappa shape index (κ1) is 23.4. The van der Waals surface area contributed by atoms with Crippen LogP contribution in [0.2, 0.25) is 0 Å². The number of hydrogen-bond donors (Lipinski definition) is 2. The Morgan fingerprint density at radius 3 is 2.28 bits per heavy atom. The van der Waals surface area contributed by atoms with Gasteiger partial charge in [0.1, 0.15) is 16.8 Å². The van der Waals surface area contributed by atoms with Gasteiger partial charge in [-0.1, -0.05) is 62.4 Å². The van der Waals surface area contributed by atoms with Crippen LogP contribution in [0.3, 0.4) is 0 Å². The van der Waals surface area contributed by atoms with E-state index in [0.29, 0.717) is 16.6 Å². The highest BCUT2D eigenvalue weighted by Gasteiger charge is 2.28. The van der Waals surface area contributed by atoms with Gasteiger partial charge in [0.15, 0.2) is 0 Å². The number of anilines is 1. The summed E-state index contributed by atoms with van der Waals surface area (Å²) in [5, 5.41) is 15.1. The molecule has 2 amide bonds. The molecule has 0 fully saturated rings. The molecule has 3 rings (SSSR count). The molecule has 7 nitrogen and oxygen atoms in total. The van der Waals surface area contributed by atoms with E-state index < -0.39 is 6.04 Å². The molecule has 3 aromatic rings. The number of benzene rings is 2. The van der Waals surface area contributed by atoms with E-state index in [-0.39, 0.29) is 23.7 Å². The Morgan fingerprint density at radius 2 is 1.69 bits per heavy atom. The van der Waals surface area contributed by atoms with Crippen molar-refractivity contribution in [2.24, 2.45) is 5.92 Å². The summed E-state index contributed by atoms with van der Waals surface area (Å²) in [4.78, 5) is 25.9. The molecule has 2 N–H and O–H groups in total. The van der Waals surface area contributed by atoms with Crippen LogP contribution < -0.4 is 15.4 Å². The summed E-state index contributed by atoms with van der Waals surface area (Å²) in [7, 11) is 1.61. The van der Waals surface area contributed by atoms with E-state index in [9.17, 15) is 9.59 Å². The van der Waals surface area contributed by atoms with E-state index in [4.69, 9.17) is 4.74 Å². The maximum absolute atomic E-state index is 13.0. The molecule has 2 unspecified atom stereocenters. The van der Waals surface area contributed by atoms with Gasteiger partial charge < -0.3 is 10.1 Å². The van der Waals surface area contributed by atoms with E-state index in [1.165, 1.54) is 11.3 Å². The van der Waals surface area contributed by atoms with Gasteiger partial charge in [0.2, 0.25) is 16.9 Å². The van der Waals surface area contributed by atoms with E-state index in [1.54, 1.807) is 7.11 Å². The van der Waals surface area contributed by atoms with Crippen LogP contribution in [0.15, 0.2) is 54.6 Å². The summed E-state index contributed by atoms with van der Waals surface area (Å²) in [6.07, 6.45) is 0.643. The minimum absolute atomic E-state index is 0.0961. The van der Waals surface area contributed by atoms with Crippen molar-refractivity contribution in [3.05, 3.63) is 60.2 Å². The predicted octanol–water partition coefficient (Wildman–Crippen LogP) is 4.49. The number of carbonyl (C=O) groups is 2. The first-order valence-electron chi connectivity index (χ1n) is 10.6. The summed E-state index contributed by atoms with van der Waals surface area (Å²) in [5.41, 5.74) is 1.81. The molecule has 1 heterocycles. The Morgan fingerprint density at radius 1 is 1.00 bits per heavy atom. The molecule has 2 atom stereocenters. The van der Waals surface area contributed by atoms with Gasteiger partial charge in [0.25, 0.3) is 0 Å². The topological polar surface area (TPSA) is 93.2 Å². The van der Waals surface area contributed by atoms with Gasteiger partial charge in [0, 0.05) is 5.56 Å². The van der Waals surface area contributed by atoms with Crippen molar-refractivity contribution < 1.29 is 14.3 Å². The number of rotatable bonds is 9. The molecule has 0 spiro atoms. The lowest BCUT2D eigenvalue weighted by Crippen LogP contribution is -2.48. The maximum atomic E-state index is 13.0. The van der Waals surface area contributed by atoms with Crippen LogP contribution in [0.25, 0.3) is 10.6 Å². The highest BCUT2D eigenvalue weighted by Crippen LogP contribution is 2.28. The van der Waals surface area contributed by atoms with E-state index in [1.807, 2.05) is 75.4 Å². The van der Waals surface area contributed by atoms with Crippen LogP contribution in [0.4, 0.5) is 5.13 Å². The second-order valence-corrected chi connectivity index (χ2v) is 8.71. The molecular formula is C24H28N4O3S. The zero-order chi connectivity index (χ0) is 23.1. The van der Waals surface area contributed by atoms with Crippen LogP contribution in [-0.4, -0.2) is 35.2 Å². The summed E-state index contributed by atoms with van der Waals surface area (Å²) in [6.45, 7) is 5.76. The fourth-order valence-corrected chi connectivity index (χ4v) is 4.11. The van der Waals surface area contributed by atoms with Crippen LogP contribution in [0, 0.1) is 5.92 Å². The lowest BCUT2D eigenvalue weighted by atomic mass is 9.94. The molecule has 0 aliphatic heterocycles. The molecule has 0 saturated heterocycles. The van der Waals surface area contributed by atoms with Crippen molar-refractivity contribution in [3.8, 4) is 16.3 Å². The lowest BCUT2D eigenvalue weighted by molar-refractivity contribution is -0.128. The Bertz CT molecular complexity index is 1030. The van der Waals surface area contributed by atoms with Crippen molar-refractivity contribution in [3.63, 3.8) is 0 Å². The summed E-state index contributed by atoms with van der Waals surface area (Å²) in [5.74, 6) is -0.129. The molecule has 0 aliphatic carbocycles. The third-order valence-corrected chi connectivity index (χ3v) is 6.05. The summed E-state index contributed by atoms with van der Waals surface area (Å²) in [6, 6.07) is 16.4. The van der Waals surface area contributed by atoms with Crippen molar-refractivity contribution in [1.29, 1.82) is 0 Å². The number of methoxy groups -OCH3 is 1. The van der Waals surface area contributed by atoms with Crippen LogP contribution in [0.1, 0.15) is 38.7 Å². The van der Waals surface area contributed by atoms with Gasteiger partial charge >= 0.3 is 0 Å². The fraction of sp³-hybridized carbons (Fsp3) is 0.333. The highest BCUT2D eigenvalue weighted by molar-refractivity contribution is 7.18. The van der Waals surface area contributed by atoms with Gasteiger partial charge in [-0.2, -0.15) is 0 Å². The van der Waals surface area contributed by atoms with Crippen molar-refractivity contribution in [2.45, 2.75) is 39.2 Å². The first-order valence-corrected chi connectivity index (χ1v) is 11.4. The van der Waals surface area contributed by atoms with Crippen molar-refractivity contribution in [1.82, 2.24) is 15.5 Å². The monoisotopic (exact) mass is 452 g/mol. The molecule has 168 valence electrons. The Hall–Kier alpha value is -3.26. The molecular weight excluding hydrogens is 424 g/mol. The smallest absolute Gasteiger partial charge is 0.249 e. The van der Waals surface area contributed by atoms with Gasteiger partial charge in [-0.25, -0.2) is 0 Å². The Balaban J connectivity index is 1.69. The number of nitrogens with one attached hydrogen (secondary N) is 2. The average Bonchev–Trinajstić information content (AvgIpc) is 3.27. The van der Waals surface area contributed by atoms with Crippen molar-refractivity contribution in [2.75, 3.05) is 12.4 Å². The maximum Gasteiger partial charge on any atom is 0.249 e. The predicted molar refractivity (Wildman–Crippen MR) is 127 cm³/mol. The minimum Gasteiger partial charge on any atom is -0.497 e. The molecule has 8 heteroatoms. The van der Waals surface area contributed by atoms with E-state index in [2.05, 4.69) is 20.8 Å². The summed E-state index contributed by atoms with van der Waals surface area (Å²) < 4.78 is 5.17. The van der Waals surface area contributed by atoms with E-state index in [0.717, 1.165) is 16.9 Å². The van der Waals surface area contributed by atoms with Gasteiger partial charge in [-0.3, -0.25) is 14.9 Å². The number of carbonyl (C=O) groups excluding carboxylic acids is 2. The molecule has 1 aromatic heterocycles. The molecule has 0 bridgehead atoms. The lowest BCUT2D eigenvalue weighted by Gasteiger charge is -2.24. The second kappa shape index (κ2) is 10.9.